The number of hydrogen-bond acceptors (Lipinski definition) is 8. The van der Waals surface area contributed by atoms with E-state index in [9.17, 15) is 14.4 Å². The van der Waals surface area contributed by atoms with Gasteiger partial charge in [0.05, 0.1) is 11.7 Å². The zero-order valence-corrected chi connectivity index (χ0v) is 24.7. The van der Waals surface area contributed by atoms with E-state index in [1.54, 1.807) is 20.0 Å². The molecule has 9 nitrogen and oxygen atoms in total. The Morgan fingerprint density at radius 1 is 1.00 bits per heavy atom. The third-order valence-electron chi connectivity index (χ3n) is 7.14. The minimum absolute atomic E-state index is 0.0916. The molecule has 1 fully saturated rings. The van der Waals surface area contributed by atoms with Gasteiger partial charge in [0.25, 0.3) is 5.56 Å². The van der Waals surface area contributed by atoms with Crippen molar-refractivity contribution in [1.29, 1.82) is 5.26 Å². The Balaban J connectivity index is 0.00000198. The molecule has 11 heteroatoms. The first kappa shape index (κ1) is 30.7. The van der Waals surface area contributed by atoms with Crippen LogP contribution in [0.3, 0.4) is 0 Å². The molecule has 0 aliphatic carbocycles. The monoisotopic (exact) mass is 574 g/mol. The van der Waals surface area contributed by atoms with Gasteiger partial charge in [0.1, 0.15) is 29.0 Å². The number of hydrogen-bond donors (Lipinski definition) is 1. The van der Waals surface area contributed by atoms with Gasteiger partial charge in [-0.3, -0.25) is 9.69 Å². The van der Waals surface area contributed by atoms with Crippen molar-refractivity contribution in [2.45, 2.75) is 47.2 Å². The number of nitriles is 1. The summed E-state index contributed by atoms with van der Waals surface area (Å²) in [6.45, 7) is 15.7. The smallest absolute Gasteiger partial charge is 0.269 e. The number of fused-ring (bicyclic) bond motifs is 1. The van der Waals surface area contributed by atoms with E-state index in [1.807, 2.05) is 32.0 Å². The minimum atomic E-state index is -0.747. The van der Waals surface area contributed by atoms with Gasteiger partial charge in [-0.1, -0.05) is 26.8 Å². The van der Waals surface area contributed by atoms with Gasteiger partial charge in [0.2, 0.25) is 5.95 Å². The number of piperazine rings is 1. The lowest BCUT2D eigenvalue weighted by Gasteiger charge is -2.33. The van der Waals surface area contributed by atoms with Crippen LogP contribution in [0.15, 0.2) is 47.5 Å². The molecular formula is C31H36F2N8O. The van der Waals surface area contributed by atoms with E-state index in [1.165, 1.54) is 16.7 Å². The van der Waals surface area contributed by atoms with Gasteiger partial charge in [-0.25, -0.2) is 23.7 Å². The summed E-state index contributed by atoms with van der Waals surface area (Å²) in [6, 6.07) is 9.12. The highest BCUT2D eigenvalue weighted by atomic mass is 19.1. The lowest BCUT2D eigenvalue weighted by atomic mass is 10.0. The Morgan fingerprint density at radius 3 is 2.33 bits per heavy atom. The normalized spacial score (nSPS) is 14.0. The van der Waals surface area contributed by atoms with Crippen LogP contribution in [0.1, 0.15) is 51.8 Å². The number of halogens is 2. The molecule has 220 valence electrons. The van der Waals surface area contributed by atoms with Gasteiger partial charge in [0, 0.05) is 55.9 Å². The van der Waals surface area contributed by atoms with E-state index in [-0.39, 0.29) is 39.7 Å². The minimum Gasteiger partial charge on any atom is -0.309 e. The van der Waals surface area contributed by atoms with E-state index in [0.29, 0.717) is 5.82 Å². The predicted molar refractivity (Wildman–Crippen MR) is 161 cm³/mol. The molecule has 0 saturated carbocycles. The summed E-state index contributed by atoms with van der Waals surface area (Å²) in [7, 11) is 0. The molecule has 0 amide bonds. The lowest BCUT2D eigenvalue weighted by molar-refractivity contribution is 0.132. The summed E-state index contributed by atoms with van der Waals surface area (Å²) in [4.78, 5) is 30.4. The molecule has 0 atom stereocenters. The Bertz CT molecular complexity index is 1640. The average molecular weight is 575 g/mol. The summed E-state index contributed by atoms with van der Waals surface area (Å²) in [6.07, 6.45) is 2.80. The van der Waals surface area contributed by atoms with E-state index < -0.39 is 17.2 Å². The van der Waals surface area contributed by atoms with Crippen LogP contribution in [0.2, 0.25) is 0 Å². The van der Waals surface area contributed by atoms with Crippen LogP contribution in [0, 0.1) is 23.0 Å². The first-order valence-electron chi connectivity index (χ1n) is 14.3. The fourth-order valence-corrected chi connectivity index (χ4v) is 4.98. The highest BCUT2D eigenvalue weighted by Gasteiger charge is 2.19. The topological polar surface area (TPSA) is 103 Å². The van der Waals surface area contributed by atoms with Crippen LogP contribution in [0.4, 0.5) is 20.5 Å². The van der Waals surface area contributed by atoms with Gasteiger partial charge in [-0.05, 0) is 50.2 Å². The van der Waals surface area contributed by atoms with Crippen molar-refractivity contribution in [3.8, 4) is 17.3 Å². The Kier molecular flexibility index (Phi) is 9.93. The predicted octanol–water partition coefficient (Wildman–Crippen LogP) is 5.49. The molecule has 1 aromatic carbocycles. The van der Waals surface area contributed by atoms with Crippen molar-refractivity contribution in [1.82, 2.24) is 29.3 Å². The highest BCUT2D eigenvalue weighted by Crippen LogP contribution is 2.29. The molecule has 1 aliphatic rings. The summed E-state index contributed by atoms with van der Waals surface area (Å²) < 4.78 is 31.4. The number of likely N-dealkylation sites (N-methyl/N-ethyl adjacent to an activating group) is 1. The van der Waals surface area contributed by atoms with Crippen LogP contribution in [0.25, 0.3) is 22.2 Å². The Hall–Kier alpha value is -4.27. The largest absolute Gasteiger partial charge is 0.309 e. The number of nitrogens with zero attached hydrogens (tertiary/aromatic N) is 7. The van der Waals surface area contributed by atoms with Crippen molar-refractivity contribution in [2.24, 2.45) is 0 Å². The van der Waals surface area contributed by atoms with E-state index in [4.69, 9.17) is 0 Å². The number of anilines is 2. The van der Waals surface area contributed by atoms with E-state index >= 15 is 4.39 Å². The standard InChI is InChI=1S/C29H30F2N8O.C2H6/c1-4-37-7-9-38(10-8-37)17-19-5-6-26(33-15-19)35-29-34-16-24(31)27(36-29)20-12-23(30)22-11-21(14-32)28(40)39(18(2)3)25(22)13-20;1-2/h5-6,11-13,15-16,18H,4,7-10,17H2,1-3H3,(H,33,34,35,36);1-2H3. The summed E-state index contributed by atoms with van der Waals surface area (Å²) in [5.74, 6) is -0.865. The van der Waals surface area contributed by atoms with Crippen molar-refractivity contribution in [2.75, 3.05) is 38.0 Å². The quantitative estimate of drug-likeness (QED) is 0.309. The van der Waals surface area contributed by atoms with Crippen molar-refractivity contribution >= 4 is 22.7 Å². The number of pyridine rings is 2. The molecule has 3 aromatic heterocycles. The zero-order valence-electron chi connectivity index (χ0n) is 24.7. The van der Waals surface area contributed by atoms with E-state index in [2.05, 4.69) is 37.0 Å². The van der Waals surface area contributed by atoms with E-state index in [0.717, 1.165) is 57.1 Å². The summed E-state index contributed by atoms with van der Waals surface area (Å²) in [5, 5.41) is 12.4. The molecule has 0 spiro atoms. The van der Waals surface area contributed by atoms with Gasteiger partial charge < -0.3 is 14.8 Å². The molecule has 42 heavy (non-hydrogen) atoms. The maximum atomic E-state index is 15.2. The highest BCUT2D eigenvalue weighted by molar-refractivity contribution is 5.86. The Morgan fingerprint density at radius 2 is 1.71 bits per heavy atom. The zero-order chi connectivity index (χ0) is 30.4. The van der Waals surface area contributed by atoms with Gasteiger partial charge in [-0.2, -0.15) is 5.26 Å². The van der Waals surface area contributed by atoms with Crippen molar-refractivity contribution in [3.05, 3.63) is 75.8 Å². The van der Waals surface area contributed by atoms with Gasteiger partial charge >= 0.3 is 0 Å². The van der Waals surface area contributed by atoms with Gasteiger partial charge in [-0.15, -0.1) is 0 Å². The third-order valence-corrected chi connectivity index (χ3v) is 7.14. The van der Waals surface area contributed by atoms with Crippen LogP contribution in [-0.2, 0) is 6.54 Å². The van der Waals surface area contributed by atoms with Crippen LogP contribution >= 0.6 is 0 Å². The SMILES string of the molecule is CC.CCN1CCN(Cc2ccc(Nc3ncc(F)c(-c4cc(F)c5cc(C#N)c(=O)n(C(C)C)c5c4)n3)nc2)CC1. The lowest BCUT2D eigenvalue weighted by Crippen LogP contribution is -2.45. The average Bonchev–Trinajstić information content (AvgIpc) is 3.00. The molecule has 4 heterocycles. The molecule has 0 bridgehead atoms. The maximum absolute atomic E-state index is 15.2. The molecule has 0 unspecified atom stereocenters. The van der Waals surface area contributed by atoms with Gasteiger partial charge in [0.15, 0.2) is 5.82 Å². The Labute approximate surface area is 244 Å². The van der Waals surface area contributed by atoms with Crippen molar-refractivity contribution < 1.29 is 8.78 Å². The number of aromatic nitrogens is 4. The molecule has 5 rings (SSSR count). The number of nitrogens with one attached hydrogen (secondary N) is 1. The second kappa shape index (κ2) is 13.6. The third kappa shape index (κ3) is 6.61. The summed E-state index contributed by atoms with van der Waals surface area (Å²) in [5.41, 5.74) is 0.634. The fraction of sp³-hybridized carbons (Fsp3) is 0.387. The molecule has 1 saturated heterocycles. The van der Waals surface area contributed by atoms with Crippen molar-refractivity contribution in [3.63, 3.8) is 0 Å². The summed E-state index contributed by atoms with van der Waals surface area (Å²) >= 11 is 0. The molecular weight excluding hydrogens is 538 g/mol. The molecule has 4 aromatic rings. The first-order valence-corrected chi connectivity index (χ1v) is 14.3. The van der Waals surface area contributed by atoms with Crippen LogP contribution < -0.4 is 10.9 Å². The van der Waals surface area contributed by atoms with Crippen LogP contribution in [-0.4, -0.2) is 62.0 Å². The first-order chi connectivity index (χ1) is 20.3. The number of benzene rings is 1. The maximum Gasteiger partial charge on any atom is 0.269 e. The molecule has 1 aliphatic heterocycles. The van der Waals surface area contributed by atoms with Crippen LogP contribution in [0.5, 0.6) is 0 Å². The molecule has 1 N–H and O–H groups in total. The second-order valence-corrected chi connectivity index (χ2v) is 10.1. The second-order valence-electron chi connectivity index (χ2n) is 10.1. The number of rotatable bonds is 7. The fourth-order valence-electron chi connectivity index (χ4n) is 4.98. The molecule has 0 radical (unpaired) electrons.